The molecule has 2 atom stereocenters. The van der Waals surface area contributed by atoms with Crippen molar-refractivity contribution < 1.29 is 22.7 Å². The third-order valence-corrected chi connectivity index (χ3v) is 7.20. The molecular weight excluding hydrogens is 422 g/mol. The molecule has 31 heavy (non-hydrogen) atoms. The molecule has 0 spiro atoms. The zero-order chi connectivity index (χ0) is 22.5. The summed E-state index contributed by atoms with van der Waals surface area (Å²) in [6, 6.07) is 1.19. The Hall–Kier alpha value is -2.24. The number of nitrogens with zero attached hydrogens (tertiary/aromatic N) is 5. The van der Waals surface area contributed by atoms with Crippen LogP contribution in [-0.4, -0.2) is 89.3 Å². The Morgan fingerprint density at radius 2 is 1.97 bits per heavy atom. The first-order chi connectivity index (χ1) is 14.6. The van der Waals surface area contributed by atoms with E-state index in [4.69, 9.17) is 4.74 Å². The predicted molar refractivity (Wildman–Crippen MR) is 112 cm³/mol. The number of aryl methyl sites for hydroxylation is 1. The van der Waals surface area contributed by atoms with Crippen LogP contribution in [0.4, 0.5) is 0 Å². The lowest BCUT2D eigenvalue weighted by atomic mass is 9.89. The first-order valence-electron chi connectivity index (χ1n) is 10.5. The molecule has 0 bridgehead atoms. The second kappa shape index (κ2) is 8.03. The summed E-state index contributed by atoms with van der Waals surface area (Å²) >= 11 is 0. The molecule has 0 unspecified atom stereocenters. The number of ether oxygens (including phenoxy) is 1. The van der Waals surface area contributed by atoms with Crippen LogP contribution in [-0.2, 0) is 33.1 Å². The van der Waals surface area contributed by atoms with Gasteiger partial charge in [-0.2, -0.15) is 5.10 Å². The Morgan fingerprint density at radius 3 is 2.58 bits per heavy atom. The van der Waals surface area contributed by atoms with Crippen LogP contribution in [0.3, 0.4) is 0 Å². The topological polar surface area (TPSA) is 105 Å². The number of carbonyl (C=O) groups excluding carboxylic acids is 2. The molecule has 10 nitrogen and oxygen atoms in total. The van der Waals surface area contributed by atoms with E-state index in [2.05, 4.69) is 10.00 Å². The molecule has 4 rings (SSSR count). The van der Waals surface area contributed by atoms with Gasteiger partial charge < -0.3 is 9.64 Å². The van der Waals surface area contributed by atoms with Crippen molar-refractivity contribution in [3.8, 4) is 0 Å². The summed E-state index contributed by atoms with van der Waals surface area (Å²) in [5.74, 6) is -1.45. The number of hydrogen-bond donors (Lipinski definition) is 0. The number of fused-ring (bicyclic) bond motifs is 1. The average molecular weight is 452 g/mol. The van der Waals surface area contributed by atoms with Crippen LogP contribution in [0.25, 0.3) is 0 Å². The molecule has 0 N–H and O–H groups in total. The van der Waals surface area contributed by atoms with Crippen molar-refractivity contribution in [2.75, 3.05) is 39.1 Å². The molecule has 0 radical (unpaired) electrons. The lowest BCUT2D eigenvalue weighted by Gasteiger charge is -2.28. The molecule has 2 fully saturated rings. The third-order valence-electron chi connectivity index (χ3n) is 6.15. The molecule has 11 heteroatoms. The van der Waals surface area contributed by atoms with Gasteiger partial charge in [0.05, 0.1) is 42.8 Å². The van der Waals surface area contributed by atoms with Crippen LogP contribution < -0.4 is 0 Å². The summed E-state index contributed by atoms with van der Waals surface area (Å²) in [7, 11) is -2.04. The number of rotatable bonds is 5. The molecule has 2 saturated heterocycles. The smallest absolute Gasteiger partial charge is 0.272 e. The van der Waals surface area contributed by atoms with E-state index in [1.807, 2.05) is 13.8 Å². The van der Waals surface area contributed by atoms with Crippen molar-refractivity contribution >= 4 is 21.8 Å². The van der Waals surface area contributed by atoms with Gasteiger partial charge in [0, 0.05) is 33.2 Å². The summed E-state index contributed by atoms with van der Waals surface area (Å²) in [5.41, 5.74) is 1.60. The monoisotopic (exact) mass is 451 g/mol. The Bertz CT molecular complexity index is 1020. The number of morpholine rings is 1. The fraction of sp³-hybridized carbons (Fsp3) is 0.650. The number of aromatic nitrogens is 2. The largest absolute Gasteiger partial charge is 0.379 e. The SMILES string of the molecule is CC(C)[C@H]1C(=O)N(S(C)(=O)=O)C2=CCN(C(=O)c3cc(CN4CCOCC4)nn3C)[C@@H]21. The van der Waals surface area contributed by atoms with Gasteiger partial charge in [0.1, 0.15) is 5.69 Å². The van der Waals surface area contributed by atoms with E-state index in [1.165, 1.54) is 0 Å². The number of amides is 2. The Balaban J connectivity index is 1.59. The van der Waals surface area contributed by atoms with E-state index in [0.29, 0.717) is 31.1 Å². The second-order valence-corrected chi connectivity index (χ2v) is 10.5. The van der Waals surface area contributed by atoms with Gasteiger partial charge in [0.25, 0.3) is 5.91 Å². The van der Waals surface area contributed by atoms with E-state index in [0.717, 1.165) is 29.3 Å². The molecule has 4 heterocycles. The van der Waals surface area contributed by atoms with Gasteiger partial charge in [-0.1, -0.05) is 13.8 Å². The highest BCUT2D eigenvalue weighted by atomic mass is 32.2. The summed E-state index contributed by atoms with van der Waals surface area (Å²) in [5, 5.41) is 4.50. The first kappa shape index (κ1) is 22.0. The molecule has 2 amide bonds. The molecule has 170 valence electrons. The number of sulfonamides is 1. The van der Waals surface area contributed by atoms with Crippen LogP contribution >= 0.6 is 0 Å². The molecule has 0 aliphatic carbocycles. The highest BCUT2D eigenvalue weighted by Crippen LogP contribution is 2.41. The molecule has 1 aromatic rings. The molecule has 1 aromatic heterocycles. The molecular formula is C20H29N5O5S. The van der Waals surface area contributed by atoms with E-state index in [9.17, 15) is 18.0 Å². The Morgan fingerprint density at radius 1 is 1.29 bits per heavy atom. The first-order valence-corrected chi connectivity index (χ1v) is 12.3. The summed E-state index contributed by atoms with van der Waals surface area (Å²) in [4.78, 5) is 30.2. The van der Waals surface area contributed by atoms with Crippen molar-refractivity contribution in [3.63, 3.8) is 0 Å². The lowest BCUT2D eigenvalue weighted by Crippen LogP contribution is -2.43. The van der Waals surface area contributed by atoms with Crippen molar-refractivity contribution in [1.82, 2.24) is 23.9 Å². The number of hydrogen-bond acceptors (Lipinski definition) is 7. The quantitative estimate of drug-likeness (QED) is 0.622. The molecule has 3 aliphatic heterocycles. The normalized spacial score (nSPS) is 24.8. The summed E-state index contributed by atoms with van der Waals surface area (Å²) in [6.45, 7) is 7.64. The van der Waals surface area contributed by atoms with Crippen LogP contribution in [0.5, 0.6) is 0 Å². The van der Waals surface area contributed by atoms with Gasteiger partial charge in [-0.05, 0) is 18.1 Å². The fourth-order valence-corrected chi connectivity index (χ4v) is 5.73. The standard InChI is InChI=1S/C20H29N5O5S/c1-13(2)17-18-15(25(20(17)27)31(4,28)29)5-6-24(18)19(26)16-11-14(21-22(16)3)12-23-7-9-30-10-8-23/h5,11,13,17-18H,6-10,12H2,1-4H3/t17-,18+/m1/s1. The van der Waals surface area contributed by atoms with Crippen LogP contribution in [0.1, 0.15) is 30.0 Å². The maximum Gasteiger partial charge on any atom is 0.272 e. The van der Waals surface area contributed by atoms with Crippen molar-refractivity contribution in [2.45, 2.75) is 26.4 Å². The van der Waals surface area contributed by atoms with Crippen LogP contribution in [0.15, 0.2) is 17.8 Å². The van der Waals surface area contributed by atoms with Crippen LogP contribution in [0, 0.1) is 11.8 Å². The maximum atomic E-state index is 13.5. The average Bonchev–Trinajstić information content (AvgIpc) is 3.33. The zero-order valence-corrected chi connectivity index (χ0v) is 19.1. The minimum atomic E-state index is -3.76. The van der Waals surface area contributed by atoms with Gasteiger partial charge in [0.2, 0.25) is 15.9 Å². The van der Waals surface area contributed by atoms with E-state index in [1.54, 1.807) is 28.8 Å². The van der Waals surface area contributed by atoms with Crippen molar-refractivity contribution in [3.05, 3.63) is 29.2 Å². The highest BCUT2D eigenvalue weighted by Gasteiger charge is 2.55. The molecule has 0 aromatic carbocycles. The minimum absolute atomic E-state index is 0.121. The minimum Gasteiger partial charge on any atom is -0.379 e. The van der Waals surface area contributed by atoms with Crippen LogP contribution in [0.2, 0.25) is 0 Å². The highest BCUT2D eigenvalue weighted by molar-refractivity contribution is 7.89. The van der Waals surface area contributed by atoms with Gasteiger partial charge in [-0.15, -0.1) is 0 Å². The van der Waals surface area contributed by atoms with Gasteiger partial charge >= 0.3 is 0 Å². The van der Waals surface area contributed by atoms with E-state index >= 15 is 0 Å². The van der Waals surface area contributed by atoms with Gasteiger partial charge in [-0.3, -0.25) is 19.2 Å². The molecule has 0 saturated carbocycles. The fourth-order valence-electron chi connectivity index (χ4n) is 4.72. The summed E-state index contributed by atoms with van der Waals surface area (Å²) in [6.07, 6.45) is 2.70. The summed E-state index contributed by atoms with van der Waals surface area (Å²) < 4.78 is 32.4. The van der Waals surface area contributed by atoms with Gasteiger partial charge in [0.15, 0.2) is 0 Å². The third kappa shape index (κ3) is 3.90. The lowest BCUT2D eigenvalue weighted by molar-refractivity contribution is -0.128. The number of carbonyl (C=O) groups is 2. The molecule has 3 aliphatic rings. The van der Waals surface area contributed by atoms with Crippen molar-refractivity contribution in [2.24, 2.45) is 18.9 Å². The van der Waals surface area contributed by atoms with Gasteiger partial charge in [-0.25, -0.2) is 12.7 Å². The van der Waals surface area contributed by atoms with Crippen molar-refractivity contribution in [1.29, 1.82) is 0 Å². The zero-order valence-electron chi connectivity index (χ0n) is 18.3. The Labute approximate surface area is 182 Å². The Kier molecular flexibility index (Phi) is 5.69. The van der Waals surface area contributed by atoms with E-state index in [-0.39, 0.29) is 18.4 Å². The van der Waals surface area contributed by atoms with E-state index < -0.39 is 27.9 Å². The maximum absolute atomic E-state index is 13.5. The second-order valence-electron chi connectivity index (χ2n) is 8.70. The predicted octanol–water partition coefficient (Wildman–Crippen LogP) is 0.0346.